The molecule has 0 saturated carbocycles. The van der Waals surface area contributed by atoms with Gasteiger partial charge in [0.05, 0.1) is 117 Å². The zero-order chi connectivity index (χ0) is 34.5. The van der Waals surface area contributed by atoms with Crippen molar-refractivity contribution in [2.75, 3.05) is 99.1 Å². The molecule has 10 heteroatoms. The highest BCUT2D eigenvalue weighted by Gasteiger charge is 2.12. The van der Waals surface area contributed by atoms with Crippen molar-refractivity contribution >= 4 is 0 Å². The maximum absolute atomic E-state index is 8.61. The van der Waals surface area contributed by atoms with Gasteiger partial charge in [0.15, 0.2) is 0 Å². The average molecular weight is 681 g/mol. The Kier molecular flexibility index (Phi) is 38.1. The van der Waals surface area contributed by atoms with Crippen LogP contribution in [-0.2, 0) is 42.6 Å². The van der Waals surface area contributed by atoms with Crippen molar-refractivity contribution in [2.24, 2.45) is 0 Å². The standard InChI is InChI=1S/C37H76O10/c1-6-7-8-9-10-11-12-13-14-15-16-17-18-20-43-30-34(2)45-32-36(4)47-33-37(5)46-31-35(3)44-29-28-42-27-26-41-25-24-40-23-22-39-21-19-38/h34-38H,6-33H2,1-5H3. The number of ether oxygens (including phenoxy) is 9. The van der Waals surface area contributed by atoms with Crippen molar-refractivity contribution in [2.45, 2.75) is 143 Å². The lowest BCUT2D eigenvalue weighted by Gasteiger charge is -2.21. The fraction of sp³-hybridized carbons (Fsp3) is 1.00. The Balaban J connectivity index is 3.46. The van der Waals surface area contributed by atoms with Crippen LogP contribution in [-0.4, -0.2) is 129 Å². The van der Waals surface area contributed by atoms with Gasteiger partial charge in [-0.15, -0.1) is 0 Å². The molecule has 47 heavy (non-hydrogen) atoms. The Morgan fingerprint density at radius 3 is 1.11 bits per heavy atom. The minimum atomic E-state index is -0.0324. The molecule has 0 saturated heterocycles. The fourth-order valence-corrected chi connectivity index (χ4v) is 4.70. The van der Waals surface area contributed by atoms with Gasteiger partial charge in [0.2, 0.25) is 0 Å². The van der Waals surface area contributed by atoms with E-state index in [9.17, 15) is 0 Å². The number of unbranched alkanes of at least 4 members (excludes halogenated alkanes) is 12. The van der Waals surface area contributed by atoms with Crippen molar-refractivity contribution in [3.8, 4) is 0 Å². The molecule has 0 bridgehead atoms. The van der Waals surface area contributed by atoms with Crippen LogP contribution in [0.5, 0.6) is 0 Å². The highest BCUT2D eigenvalue weighted by Crippen LogP contribution is 2.12. The van der Waals surface area contributed by atoms with Gasteiger partial charge in [-0.25, -0.2) is 0 Å². The molecule has 0 radical (unpaired) electrons. The second-order valence-electron chi connectivity index (χ2n) is 12.6. The van der Waals surface area contributed by atoms with E-state index in [1.807, 2.05) is 20.8 Å². The maximum Gasteiger partial charge on any atom is 0.0781 e. The van der Waals surface area contributed by atoms with E-state index in [2.05, 4.69) is 13.8 Å². The van der Waals surface area contributed by atoms with Crippen molar-refractivity contribution in [3.05, 3.63) is 0 Å². The molecule has 0 spiro atoms. The van der Waals surface area contributed by atoms with E-state index in [4.69, 9.17) is 47.7 Å². The van der Waals surface area contributed by atoms with Gasteiger partial charge in [0, 0.05) is 6.61 Å². The Bertz CT molecular complexity index is 585. The number of aliphatic hydroxyl groups is 1. The first-order valence-electron chi connectivity index (χ1n) is 18.9. The summed E-state index contributed by atoms with van der Waals surface area (Å²) in [5, 5.41) is 8.61. The van der Waals surface area contributed by atoms with Gasteiger partial charge in [-0.05, 0) is 34.1 Å². The molecule has 284 valence electrons. The zero-order valence-corrected chi connectivity index (χ0v) is 31.2. The Hall–Kier alpha value is -0.400. The summed E-state index contributed by atoms with van der Waals surface area (Å²) < 4.78 is 50.8. The van der Waals surface area contributed by atoms with Crippen LogP contribution in [0, 0.1) is 0 Å². The third kappa shape index (κ3) is 38.3. The number of hydrogen-bond donors (Lipinski definition) is 1. The molecule has 0 aliphatic carbocycles. The molecular formula is C37H76O10. The average Bonchev–Trinajstić information content (AvgIpc) is 3.07. The van der Waals surface area contributed by atoms with Crippen LogP contribution in [0.1, 0.15) is 118 Å². The largest absolute Gasteiger partial charge is 0.394 e. The molecule has 0 rings (SSSR count). The summed E-state index contributed by atoms with van der Waals surface area (Å²) >= 11 is 0. The van der Waals surface area contributed by atoms with Crippen LogP contribution in [0.4, 0.5) is 0 Å². The first kappa shape index (κ1) is 46.6. The molecule has 0 aromatic heterocycles. The number of aliphatic hydroxyl groups excluding tert-OH is 1. The third-order valence-electron chi connectivity index (χ3n) is 7.57. The van der Waals surface area contributed by atoms with Crippen LogP contribution < -0.4 is 0 Å². The van der Waals surface area contributed by atoms with Gasteiger partial charge in [0.1, 0.15) is 0 Å². The van der Waals surface area contributed by atoms with Crippen LogP contribution in [0.15, 0.2) is 0 Å². The van der Waals surface area contributed by atoms with Gasteiger partial charge < -0.3 is 47.7 Å². The monoisotopic (exact) mass is 681 g/mol. The van der Waals surface area contributed by atoms with Crippen molar-refractivity contribution in [1.29, 1.82) is 0 Å². The lowest BCUT2D eigenvalue weighted by atomic mass is 10.0. The topological polar surface area (TPSA) is 103 Å². The molecule has 0 aromatic rings. The normalized spacial score (nSPS) is 14.4. The minimum absolute atomic E-state index is 0.0103. The van der Waals surface area contributed by atoms with Gasteiger partial charge in [-0.3, -0.25) is 0 Å². The van der Waals surface area contributed by atoms with Gasteiger partial charge >= 0.3 is 0 Å². The molecule has 0 heterocycles. The van der Waals surface area contributed by atoms with Crippen LogP contribution in [0.2, 0.25) is 0 Å². The lowest BCUT2D eigenvalue weighted by Crippen LogP contribution is -2.28. The predicted molar refractivity (Wildman–Crippen MR) is 189 cm³/mol. The molecule has 0 aliphatic heterocycles. The van der Waals surface area contributed by atoms with Crippen LogP contribution in [0.3, 0.4) is 0 Å². The summed E-state index contributed by atoms with van der Waals surface area (Å²) in [6.45, 7) is 17.7. The van der Waals surface area contributed by atoms with E-state index in [1.54, 1.807) is 0 Å². The van der Waals surface area contributed by atoms with E-state index in [-0.39, 0.29) is 31.0 Å². The fourth-order valence-electron chi connectivity index (χ4n) is 4.70. The molecule has 10 nitrogen and oxygen atoms in total. The first-order chi connectivity index (χ1) is 23.0. The summed E-state index contributed by atoms with van der Waals surface area (Å²) in [4.78, 5) is 0. The summed E-state index contributed by atoms with van der Waals surface area (Å²) in [5.41, 5.74) is 0. The first-order valence-corrected chi connectivity index (χ1v) is 18.9. The van der Waals surface area contributed by atoms with Crippen molar-refractivity contribution in [1.82, 2.24) is 0 Å². The number of rotatable bonds is 40. The molecule has 0 amide bonds. The predicted octanol–water partition coefficient (Wildman–Crippen LogP) is 6.77. The molecule has 0 fully saturated rings. The van der Waals surface area contributed by atoms with E-state index in [0.717, 1.165) is 13.0 Å². The Morgan fingerprint density at radius 2 is 0.681 bits per heavy atom. The third-order valence-corrected chi connectivity index (χ3v) is 7.57. The zero-order valence-electron chi connectivity index (χ0n) is 31.2. The van der Waals surface area contributed by atoms with Crippen molar-refractivity contribution < 1.29 is 47.7 Å². The summed E-state index contributed by atoms with van der Waals surface area (Å²) in [6.07, 6.45) is 17.7. The van der Waals surface area contributed by atoms with Crippen molar-refractivity contribution in [3.63, 3.8) is 0 Å². The van der Waals surface area contributed by atoms with Crippen LogP contribution >= 0.6 is 0 Å². The molecule has 4 atom stereocenters. The minimum Gasteiger partial charge on any atom is -0.394 e. The van der Waals surface area contributed by atoms with E-state index >= 15 is 0 Å². The van der Waals surface area contributed by atoms with Crippen LogP contribution in [0.25, 0.3) is 0 Å². The SMILES string of the molecule is CCCCCCCCCCCCCCCOCC(C)OCC(C)OCC(C)OCC(C)OCCOCCOCCOCCOCCO. The molecular weight excluding hydrogens is 604 g/mol. The summed E-state index contributed by atoms with van der Waals surface area (Å²) in [6, 6.07) is 0. The number of hydrogen-bond acceptors (Lipinski definition) is 10. The quantitative estimate of drug-likeness (QED) is 0.0698. The smallest absolute Gasteiger partial charge is 0.0781 e. The maximum atomic E-state index is 8.61. The Labute approximate surface area is 289 Å². The molecule has 1 N–H and O–H groups in total. The highest BCUT2D eigenvalue weighted by molar-refractivity contribution is 4.57. The molecule has 4 unspecified atom stereocenters. The highest BCUT2D eigenvalue weighted by atomic mass is 16.6. The summed E-state index contributed by atoms with van der Waals surface area (Å²) in [7, 11) is 0. The molecule has 0 aliphatic rings. The Morgan fingerprint density at radius 1 is 0.340 bits per heavy atom. The van der Waals surface area contributed by atoms with Gasteiger partial charge in [-0.1, -0.05) is 84.0 Å². The second-order valence-corrected chi connectivity index (χ2v) is 12.6. The molecule has 0 aromatic carbocycles. The van der Waals surface area contributed by atoms with E-state index < -0.39 is 0 Å². The van der Waals surface area contributed by atoms with Gasteiger partial charge in [0.25, 0.3) is 0 Å². The lowest BCUT2D eigenvalue weighted by molar-refractivity contribution is -0.0951. The second kappa shape index (κ2) is 38.4. The van der Waals surface area contributed by atoms with Gasteiger partial charge in [-0.2, -0.15) is 0 Å². The van der Waals surface area contributed by atoms with E-state index in [0.29, 0.717) is 85.9 Å². The van der Waals surface area contributed by atoms with E-state index in [1.165, 1.54) is 77.0 Å². The summed E-state index contributed by atoms with van der Waals surface area (Å²) in [5.74, 6) is 0.